The lowest BCUT2D eigenvalue weighted by Crippen LogP contribution is -2.24. The fraction of sp³-hybridized carbons (Fsp3) is 0.143. The van der Waals surface area contributed by atoms with Crippen LogP contribution in [0.25, 0.3) is 0 Å². The second-order valence-electron chi connectivity index (χ2n) is 4.49. The second kappa shape index (κ2) is 6.00. The molecule has 0 aliphatic rings. The molecule has 0 bridgehead atoms. The Kier molecular flexibility index (Phi) is 4.13. The van der Waals surface area contributed by atoms with Gasteiger partial charge in [-0.05, 0) is 31.2 Å². The SMILES string of the molecule is Cc1cccc(CNC(=O)c2cc(N)ccc2[N+](=O)[O-])n1. The number of amides is 1. The van der Waals surface area contributed by atoms with E-state index in [0.717, 1.165) is 5.69 Å². The van der Waals surface area contributed by atoms with Gasteiger partial charge in [0.1, 0.15) is 5.56 Å². The van der Waals surface area contributed by atoms with E-state index in [-0.39, 0.29) is 17.8 Å². The minimum absolute atomic E-state index is 0.0624. The topological polar surface area (TPSA) is 111 Å². The molecule has 7 heteroatoms. The third-order valence-corrected chi connectivity index (χ3v) is 2.84. The first-order valence-corrected chi connectivity index (χ1v) is 6.22. The van der Waals surface area contributed by atoms with Crippen molar-refractivity contribution in [3.05, 3.63) is 63.5 Å². The van der Waals surface area contributed by atoms with Crippen molar-refractivity contribution in [2.75, 3.05) is 5.73 Å². The molecule has 108 valence electrons. The van der Waals surface area contributed by atoms with E-state index in [9.17, 15) is 14.9 Å². The van der Waals surface area contributed by atoms with Crippen LogP contribution >= 0.6 is 0 Å². The second-order valence-corrected chi connectivity index (χ2v) is 4.49. The van der Waals surface area contributed by atoms with E-state index >= 15 is 0 Å². The number of anilines is 1. The van der Waals surface area contributed by atoms with Gasteiger partial charge in [0.2, 0.25) is 0 Å². The number of carbonyl (C=O) groups is 1. The predicted molar refractivity (Wildman–Crippen MR) is 77.7 cm³/mol. The summed E-state index contributed by atoms with van der Waals surface area (Å²) in [6, 6.07) is 9.32. The molecule has 0 aliphatic carbocycles. The quantitative estimate of drug-likeness (QED) is 0.506. The van der Waals surface area contributed by atoms with Gasteiger partial charge in [0.25, 0.3) is 11.6 Å². The number of nitro groups is 1. The lowest BCUT2D eigenvalue weighted by molar-refractivity contribution is -0.385. The molecule has 0 aliphatic heterocycles. The van der Waals surface area contributed by atoms with Crippen molar-refractivity contribution in [1.29, 1.82) is 0 Å². The number of benzene rings is 1. The van der Waals surface area contributed by atoms with Crippen LogP contribution < -0.4 is 11.1 Å². The van der Waals surface area contributed by atoms with E-state index in [2.05, 4.69) is 10.3 Å². The van der Waals surface area contributed by atoms with Crippen molar-refractivity contribution in [3.63, 3.8) is 0 Å². The van der Waals surface area contributed by atoms with Crippen LogP contribution in [0.1, 0.15) is 21.7 Å². The smallest absolute Gasteiger partial charge is 0.282 e. The lowest BCUT2D eigenvalue weighted by atomic mass is 10.1. The van der Waals surface area contributed by atoms with Crippen molar-refractivity contribution in [1.82, 2.24) is 10.3 Å². The molecule has 0 unspecified atom stereocenters. The zero-order valence-corrected chi connectivity index (χ0v) is 11.4. The van der Waals surface area contributed by atoms with Crippen molar-refractivity contribution in [3.8, 4) is 0 Å². The molecule has 1 aromatic heterocycles. The Morgan fingerprint density at radius 2 is 2.14 bits per heavy atom. The maximum absolute atomic E-state index is 12.1. The highest BCUT2D eigenvalue weighted by atomic mass is 16.6. The van der Waals surface area contributed by atoms with E-state index < -0.39 is 10.8 Å². The van der Waals surface area contributed by atoms with Crippen molar-refractivity contribution >= 4 is 17.3 Å². The molecule has 21 heavy (non-hydrogen) atoms. The number of nitrogen functional groups attached to an aromatic ring is 1. The molecule has 3 N–H and O–H groups in total. The van der Waals surface area contributed by atoms with Crippen LogP contribution in [0.15, 0.2) is 36.4 Å². The predicted octanol–water partition coefficient (Wildman–Crippen LogP) is 1.81. The number of aromatic nitrogens is 1. The summed E-state index contributed by atoms with van der Waals surface area (Å²) >= 11 is 0. The van der Waals surface area contributed by atoms with Gasteiger partial charge in [-0.25, -0.2) is 0 Å². The summed E-state index contributed by atoms with van der Waals surface area (Å²) < 4.78 is 0. The average Bonchev–Trinajstić information content (AvgIpc) is 2.44. The average molecular weight is 286 g/mol. The zero-order chi connectivity index (χ0) is 15.4. The van der Waals surface area contributed by atoms with E-state index in [1.807, 2.05) is 19.1 Å². The molecule has 2 rings (SSSR count). The summed E-state index contributed by atoms with van der Waals surface area (Å²) in [5, 5.41) is 13.5. The molecule has 1 amide bonds. The van der Waals surface area contributed by atoms with Gasteiger partial charge in [-0.2, -0.15) is 0 Å². The van der Waals surface area contributed by atoms with Crippen molar-refractivity contribution in [2.24, 2.45) is 0 Å². The molecule has 0 fully saturated rings. The lowest BCUT2D eigenvalue weighted by Gasteiger charge is -2.07. The van der Waals surface area contributed by atoms with Crippen LogP contribution in [0.2, 0.25) is 0 Å². The molecule has 0 atom stereocenters. The van der Waals surface area contributed by atoms with Crippen LogP contribution in [-0.4, -0.2) is 15.8 Å². The monoisotopic (exact) mass is 286 g/mol. The number of carbonyl (C=O) groups excluding carboxylic acids is 1. The fourth-order valence-electron chi connectivity index (χ4n) is 1.86. The number of nitrogens with two attached hydrogens (primary N) is 1. The summed E-state index contributed by atoms with van der Waals surface area (Å²) in [5.41, 5.74) is 7.03. The first-order valence-electron chi connectivity index (χ1n) is 6.22. The zero-order valence-electron chi connectivity index (χ0n) is 11.4. The van der Waals surface area contributed by atoms with Crippen LogP contribution in [0, 0.1) is 17.0 Å². The number of pyridine rings is 1. The summed E-state index contributed by atoms with van der Waals surface area (Å²) in [7, 11) is 0. The van der Waals surface area contributed by atoms with Crippen LogP contribution in [0.5, 0.6) is 0 Å². The maximum Gasteiger partial charge on any atom is 0.282 e. The minimum atomic E-state index is -0.612. The normalized spacial score (nSPS) is 10.1. The summed E-state index contributed by atoms with van der Waals surface area (Å²) in [6.07, 6.45) is 0. The summed E-state index contributed by atoms with van der Waals surface area (Å²) in [5.74, 6) is -0.558. The molecule has 2 aromatic rings. The summed E-state index contributed by atoms with van der Waals surface area (Å²) in [4.78, 5) is 26.6. The van der Waals surface area contributed by atoms with E-state index in [4.69, 9.17) is 5.73 Å². The van der Waals surface area contributed by atoms with Gasteiger partial charge in [-0.3, -0.25) is 19.9 Å². The minimum Gasteiger partial charge on any atom is -0.399 e. The van der Waals surface area contributed by atoms with Gasteiger partial charge in [-0.15, -0.1) is 0 Å². The number of nitro benzene ring substituents is 1. The van der Waals surface area contributed by atoms with Crippen LogP contribution in [0.3, 0.4) is 0 Å². The molecular formula is C14H14N4O3. The number of rotatable bonds is 4. The molecule has 0 radical (unpaired) electrons. The highest BCUT2D eigenvalue weighted by Crippen LogP contribution is 2.21. The Morgan fingerprint density at radius 1 is 1.38 bits per heavy atom. The van der Waals surface area contributed by atoms with E-state index in [0.29, 0.717) is 11.4 Å². The Morgan fingerprint density at radius 3 is 2.81 bits per heavy atom. The summed E-state index contributed by atoms with van der Waals surface area (Å²) in [6.45, 7) is 2.03. The number of nitrogens with zero attached hydrogens (tertiary/aromatic N) is 2. The van der Waals surface area contributed by atoms with E-state index in [1.165, 1.54) is 18.2 Å². The molecule has 0 saturated carbocycles. The first kappa shape index (κ1) is 14.4. The van der Waals surface area contributed by atoms with Gasteiger partial charge in [0, 0.05) is 17.4 Å². The Balaban J connectivity index is 2.17. The van der Waals surface area contributed by atoms with E-state index in [1.54, 1.807) is 6.07 Å². The molecule has 1 aromatic carbocycles. The van der Waals surface area contributed by atoms with Gasteiger partial charge in [-0.1, -0.05) is 6.07 Å². The molecule has 7 nitrogen and oxygen atoms in total. The Hall–Kier alpha value is -2.96. The van der Waals surface area contributed by atoms with Crippen molar-refractivity contribution in [2.45, 2.75) is 13.5 Å². The van der Waals surface area contributed by atoms with Gasteiger partial charge >= 0.3 is 0 Å². The van der Waals surface area contributed by atoms with Crippen LogP contribution in [0.4, 0.5) is 11.4 Å². The van der Waals surface area contributed by atoms with Gasteiger partial charge in [0.15, 0.2) is 0 Å². The Labute approximate surface area is 121 Å². The van der Waals surface area contributed by atoms with Gasteiger partial charge in [0.05, 0.1) is 17.2 Å². The highest BCUT2D eigenvalue weighted by molar-refractivity contribution is 5.98. The van der Waals surface area contributed by atoms with Crippen LogP contribution in [-0.2, 0) is 6.54 Å². The molecule has 0 spiro atoms. The number of hydrogen-bond acceptors (Lipinski definition) is 5. The number of hydrogen-bond donors (Lipinski definition) is 2. The molecule has 0 saturated heterocycles. The molecule has 1 heterocycles. The van der Waals surface area contributed by atoms with Gasteiger partial charge < -0.3 is 11.1 Å². The fourth-order valence-corrected chi connectivity index (χ4v) is 1.86. The standard InChI is InChI=1S/C14H14N4O3/c1-9-3-2-4-11(17-9)8-16-14(19)12-7-10(15)5-6-13(12)18(20)21/h2-7H,8,15H2,1H3,(H,16,19). The largest absolute Gasteiger partial charge is 0.399 e. The number of nitrogens with one attached hydrogen (secondary N) is 1. The third-order valence-electron chi connectivity index (χ3n) is 2.84. The number of aryl methyl sites for hydroxylation is 1. The highest BCUT2D eigenvalue weighted by Gasteiger charge is 2.20. The first-order chi connectivity index (χ1) is 9.97. The Bertz CT molecular complexity index is 700. The molecular weight excluding hydrogens is 272 g/mol. The maximum atomic E-state index is 12.1. The third kappa shape index (κ3) is 3.53. The van der Waals surface area contributed by atoms with Crippen molar-refractivity contribution < 1.29 is 9.72 Å².